The van der Waals surface area contributed by atoms with Gasteiger partial charge < -0.3 is 9.57 Å². The fourth-order valence-corrected chi connectivity index (χ4v) is 12.9. The first kappa shape index (κ1) is 34.1. The van der Waals surface area contributed by atoms with Crippen molar-refractivity contribution >= 4 is 51.9 Å². The van der Waals surface area contributed by atoms with E-state index in [-0.39, 0.29) is 63.2 Å². The number of thioether (sulfide) groups is 1. The Balaban J connectivity index is 1.24. The Kier molecular flexibility index (Phi) is 8.47. The number of oxime groups is 1. The lowest BCUT2D eigenvalue weighted by atomic mass is 9.33. The van der Waals surface area contributed by atoms with Crippen LogP contribution in [0.5, 0.6) is 0 Å². The number of thiocarbonyl (C=S) groups is 1. The Hall–Kier alpha value is -1.74. The highest BCUT2D eigenvalue weighted by atomic mass is 32.2. The maximum atomic E-state index is 13.5. The molecule has 0 aromatic heterocycles. The molecule has 5 aliphatic carbocycles. The molecule has 254 valence electrons. The maximum Gasteiger partial charge on any atom is 0.336 e. The van der Waals surface area contributed by atoms with E-state index in [0.29, 0.717) is 21.9 Å². The number of hydrogen-bond donors (Lipinski definition) is 0. The molecule has 0 spiro atoms. The van der Waals surface area contributed by atoms with Crippen LogP contribution in [0.25, 0.3) is 0 Å². The molecule has 0 bridgehead atoms. The second kappa shape index (κ2) is 11.4. The van der Waals surface area contributed by atoms with Gasteiger partial charge in [-0.2, -0.15) is 0 Å². The molecular formula is C37H54N2O5S2. The lowest BCUT2D eigenvalue weighted by Crippen LogP contribution is -2.64. The SMILES string of the molecule is COC(=O)[C@]12CCC(C)(C)C[C@@H]1C1=CC[C@@H]3[C@@]4(C)CC/C(=N/OC(=O)CCN5C(=O)CSC5=S)C(C)(C)[C@H]4CC[C@@]3(C)[C@]1(C)CC2. The van der Waals surface area contributed by atoms with E-state index in [1.165, 1.54) is 16.7 Å². The molecule has 1 saturated heterocycles. The van der Waals surface area contributed by atoms with E-state index in [9.17, 15) is 14.4 Å². The summed E-state index contributed by atoms with van der Waals surface area (Å²) in [5.41, 5.74) is 2.45. The Labute approximate surface area is 285 Å². The van der Waals surface area contributed by atoms with Crippen molar-refractivity contribution in [1.29, 1.82) is 0 Å². The van der Waals surface area contributed by atoms with Crippen molar-refractivity contribution < 1.29 is 24.0 Å². The first-order valence-electron chi connectivity index (χ1n) is 17.5. The minimum atomic E-state index is -0.426. The van der Waals surface area contributed by atoms with Crippen LogP contribution in [-0.2, 0) is 24.0 Å². The maximum absolute atomic E-state index is 13.5. The van der Waals surface area contributed by atoms with E-state index < -0.39 is 5.97 Å². The van der Waals surface area contributed by atoms with Crippen molar-refractivity contribution in [3.8, 4) is 0 Å². The minimum Gasteiger partial charge on any atom is -0.469 e. The molecule has 7 atom stereocenters. The quantitative estimate of drug-likeness (QED) is 0.0961. The fourth-order valence-electron chi connectivity index (χ4n) is 11.7. The summed E-state index contributed by atoms with van der Waals surface area (Å²) in [6.07, 6.45) is 12.8. The molecule has 0 N–H and O–H groups in total. The molecule has 6 rings (SSSR count). The number of carbonyl (C=O) groups is 3. The summed E-state index contributed by atoms with van der Waals surface area (Å²) in [7, 11) is 1.57. The summed E-state index contributed by atoms with van der Waals surface area (Å²) in [5.74, 6) is 1.07. The van der Waals surface area contributed by atoms with Gasteiger partial charge in [-0.15, -0.1) is 0 Å². The number of rotatable bonds is 5. The Morgan fingerprint density at radius 2 is 1.74 bits per heavy atom. The number of methoxy groups -OCH3 is 1. The van der Waals surface area contributed by atoms with Crippen LogP contribution in [0.3, 0.4) is 0 Å². The van der Waals surface area contributed by atoms with Gasteiger partial charge in [0.1, 0.15) is 4.32 Å². The van der Waals surface area contributed by atoms with Gasteiger partial charge in [0.05, 0.1) is 30.4 Å². The number of fused-ring (bicyclic) bond motifs is 7. The van der Waals surface area contributed by atoms with E-state index in [1.54, 1.807) is 12.7 Å². The van der Waals surface area contributed by atoms with Crippen LogP contribution in [0.15, 0.2) is 16.8 Å². The topological polar surface area (TPSA) is 85.3 Å². The molecule has 46 heavy (non-hydrogen) atoms. The Morgan fingerprint density at radius 3 is 2.41 bits per heavy atom. The van der Waals surface area contributed by atoms with Crippen LogP contribution in [0.1, 0.15) is 119 Å². The predicted molar refractivity (Wildman–Crippen MR) is 186 cm³/mol. The van der Waals surface area contributed by atoms with Gasteiger partial charge in [0.25, 0.3) is 0 Å². The second-order valence-electron chi connectivity index (χ2n) is 17.4. The van der Waals surface area contributed by atoms with E-state index in [1.807, 2.05) is 0 Å². The Morgan fingerprint density at radius 1 is 1.02 bits per heavy atom. The zero-order valence-corrected chi connectivity index (χ0v) is 30.9. The van der Waals surface area contributed by atoms with Crippen molar-refractivity contribution in [2.75, 3.05) is 19.4 Å². The molecule has 4 saturated carbocycles. The molecule has 7 nitrogen and oxygen atoms in total. The number of allylic oxidation sites excluding steroid dienone is 2. The van der Waals surface area contributed by atoms with Crippen LogP contribution in [-0.4, -0.2) is 52.2 Å². The molecule has 0 radical (unpaired) electrons. The van der Waals surface area contributed by atoms with Gasteiger partial charge in [0.15, 0.2) is 0 Å². The van der Waals surface area contributed by atoms with E-state index >= 15 is 0 Å². The zero-order valence-electron chi connectivity index (χ0n) is 29.3. The summed E-state index contributed by atoms with van der Waals surface area (Å²) in [6.45, 7) is 17.2. The average Bonchev–Trinajstić information content (AvgIpc) is 3.31. The van der Waals surface area contributed by atoms with Gasteiger partial charge in [-0.1, -0.05) is 89.3 Å². The molecule has 5 fully saturated rings. The first-order chi connectivity index (χ1) is 21.4. The zero-order chi connectivity index (χ0) is 33.5. The number of hydrogen-bond acceptors (Lipinski definition) is 8. The first-order valence-corrected chi connectivity index (χ1v) is 18.9. The molecular weight excluding hydrogens is 617 g/mol. The third-order valence-corrected chi connectivity index (χ3v) is 16.1. The van der Waals surface area contributed by atoms with E-state index in [2.05, 4.69) is 59.7 Å². The van der Waals surface area contributed by atoms with E-state index in [0.717, 1.165) is 69.9 Å². The Bertz CT molecular complexity index is 1390. The molecule has 0 unspecified atom stereocenters. The lowest BCUT2D eigenvalue weighted by Gasteiger charge is -2.70. The summed E-state index contributed by atoms with van der Waals surface area (Å²) in [4.78, 5) is 45.2. The smallest absolute Gasteiger partial charge is 0.336 e. The van der Waals surface area contributed by atoms with Crippen LogP contribution in [0.2, 0.25) is 0 Å². The molecule has 1 aliphatic heterocycles. The molecule has 0 aromatic rings. The van der Waals surface area contributed by atoms with Crippen molar-refractivity contribution in [3.63, 3.8) is 0 Å². The third kappa shape index (κ3) is 4.97. The molecule has 1 heterocycles. The average molecular weight is 671 g/mol. The molecule has 6 aliphatic rings. The summed E-state index contributed by atoms with van der Waals surface area (Å²) >= 11 is 6.58. The highest BCUT2D eigenvalue weighted by Gasteiger charge is 2.69. The minimum absolute atomic E-state index is 0.00689. The molecule has 0 aromatic carbocycles. The van der Waals surface area contributed by atoms with Crippen molar-refractivity contribution in [2.24, 2.45) is 55.4 Å². The number of carbonyl (C=O) groups excluding carboxylic acids is 3. The third-order valence-electron chi connectivity index (χ3n) is 14.6. The van der Waals surface area contributed by atoms with Crippen LogP contribution >= 0.6 is 24.0 Å². The van der Waals surface area contributed by atoms with Crippen LogP contribution < -0.4 is 0 Å². The predicted octanol–water partition coefficient (Wildman–Crippen LogP) is 8.11. The number of amides is 1. The summed E-state index contributed by atoms with van der Waals surface area (Å²) < 4.78 is 6.06. The van der Waals surface area contributed by atoms with Gasteiger partial charge in [0, 0.05) is 12.0 Å². The van der Waals surface area contributed by atoms with Crippen molar-refractivity contribution in [1.82, 2.24) is 4.90 Å². The largest absolute Gasteiger partial charge is 0.469 e. The summed E-state index contributed by atoms with van der Waals surface area (Å²) in [5, 5.41) is 4.50. The standard InChI is InChI=1S/C37H54N2O5S2/c1-32(2)16-18-37(30(42)43-8)19-17-35(6)23(24(37)21-32)9-10-26-34(5)14-12-27(33(3,4)25(34)11-15-36(26,35)7)38-44-29(41)13-20-39-28(40)22-46-31(39)45/h9,24-26H,10-22H2,1-8H3/b38-27-/t24-,25-,26-,34+,35-,36-,37+/m1/s1. The van der Waals surface area contributed by atoms with Crippen LogP contribution in [0, 0.1) is 50.2 Å². The van der Waals surface area contributed by atoms with Gasteiger partial charge in [-0.3, -0.25) is 14.5 Å². The number of nitrogens with zero attached hydrogens (tertiary/aromatic N) is 2. The molecule has 1 amide bonds. The van der Waals surface area contributed by atoms with Crippen molar-refractivity contribution in [2.45, 2.75) is 119 Å². The normalized spacial score (nSPS) is 41.9. The van der Waals surface area contributed by atoms with Gasteiger partial charge in [0.2, 0.25) is 5.91 Å². The van der Waals surface area contributed by atoms with Crippen LogP contribution in [0.4, 0.5) is 0 Å². The van der Waals surface area contributed by atoms with Gasteiger partial charge >= 0.3 is 11.9 Å². The van der Waals surface area contributed by atoms with E-state index in [4.69, 9.17) is 21.8 Å². The molecule has 9 heteroatoms. The fraction of sp³-hybridized carbons (Fsp3) is 0.811. The highest BCUT2D eigenvalue weighted by Crippen LogP contribution is 2.75. The van der Waals surface area contributed by atoms with Gasteiger partial charge in [-0.25, -0.2) is 4.79 Å². The highest BCUT2D eigenvalue weighted by molar-refractivity contribution is 8.23. The second-order valence-corrected chi connectivity index (χ2v) is 19.0. The number of ether oxygens (including phenoxy) is 1. The lowest BCUT2D eigenvalue weighted by molar-refractivity contribution is -0.181. The van der Waals surface area contributed by atoms with Crippen molar-refractivity contribution in [3.05, 3.63) is 11.6 Å². The summed E-state index contributed by atoms with van der Waals surface area (Å²) in [6, 6.07) is 0. The number of esters is 1. The monoisotopic (exact) mass is 670 g/mol. The van der Waals surface area contributed by atoms with Gasteiger partial charge in [-0.05, 0) is 104 Å².